The molecule has 0 atom stereocenters. The van der Waals surface area contributed by atoms with Crippen molar-refractivity contribution >= 4 is 12.1 Å². The molecule has 0 unspecified atom stereocenters. The third-order valence-corrected chi connectivity index (χ3v) is 1.54. The number of rotatable bonds is 4. The van der Waals surface area contributed by atoms with Gasteiger partial charge in [-0.2, -0.15) is 0 Å². The van der Waals surface area contributed by atoms with E-state index >= 15 is 0 Å². The topological polar surface area (TPSA) is 56.3 Å². The van der Waals surface area contributed by atoms with E-state index in [1.807, 2.05) is 0 Å². The van der Waals surface area contributed by atoms with Crippen LogP contribution in [-0.4, -0.2) is 24.2 Å². The monoisotopic (exact) mass is 179 g/mol. The van der Waals surface area contributed by atoms with E-state index in [0.29, 0.717) is 17.7 Å². The maximum absolute atomic E-state index is 11.1. The molecule has 13 heavy (non-hydrogen) atoms. The van der Waals surface area contributed by atoms with Gasteiger partial charge in [-0.25, -0.2) is 4.98 Å². The Bertz CT molecular complexity index is 305. The molecule has 4 heteroatoms. The third kappa shape index (κ3) is 2.37. The summed E-state index contributed by atoms with van der Waals surface area (Å²) in [5.41, 5.74) is 0.424. The zero-order valence-electron chi connectivity index (χ0n) is 7.19. The lowest BCUT2D eigenvalue weighted by Crippen LogP contribution is -2.00. The molecule has 0 saturated heterocycles. The molecule has 1 aromatic heterocycles. The highest BCUT2D eigenvalue weighted by Gasteiger charge is 2.04. The van der Waals surface area contributed by atoms with E-state index in [1.165, 1.54) is 13.3 Å². The van der Waals surface area contributed by atoms with Crippen molar-refractivity contribution < 1.29 is 14.3 Å². The molecule has 0 saturated carbocycles. The van der Waals surface area contributed by atoms with Crippen LogP contribution in [0.1, 0.15) is 16.8 Å². The molecule has 0 radical (unpaired) electrons. The Balaban J connectivity index is 2.79. The van der Waals surface area contributed by atoms with Crippen LogP contribution >= 0.6 is 0 Å². The Morgan fingerprint density at radius 1 is 1.62 bits per heavy atom. The zero-order chi connectivity index (χ0) is 9.68. The van der Waals surface area contributed by atoms with Gasteiger partial charge in [0.05, 0.1) is 13.5 Å². The average Bonchev–Trinajstić information content (AvgIpc) is 2.18. The first kappa shape index (κ1) is 9.38. The fourth-order valence-electron chi connectivity index (χ4n) is 0.860. The van der Waals surface area contributed by atoms with Crippen molar-refractivity contribution in [3.05, 3.63) is 23.9 Å². The fraction of sp³-hybridized carbons (Fsp3) is 0.222. The SMILES string of the molecule is COc1ccc(C(=O)CC=O)cn1. The smallest absolute Gasteiger partial charge is 0.212 e. The van der Waals surface area contributed by atoms with Gasteiger partial charge in [0.15, 0.2) is 5.78 Å². The second-order valence-corrected chi connectivity index (χ2v) is 2.38. The molecule has 1 aromatic rings. The number of Topliss-reactive ketones (excluding diaryl/α,β-unsaturated/α-hetero) is 1. The largest absolute Gasteiger partial charge is 0.481 e. The number of ether oxygens (including phenoxy) is 1. The van der Waals surface area contributed by atoms with Gasteiger partial charge in [-0.1, -0.05) is 0 Å². The van der Waals surface area contributed by atoms with E-state index in [0.717, 1.165) is 0 Å². The van der Waals surface area contributed by atoms with E-state index in [2.05, 4.69) is 4.98 Å². The van der Waals surface area contributed by atoms with Crippen LogP contribution in [0.4, 0.5) is 0 Å². The van der Waals surface area contributed by atoms with Crippen LogP contribution in [0, 0.1) is 0 Å². The second-order valence-electron chi connectivity index (χ2n) is 2.38. The first-order valence-corrected chi connectivity index (χ1v) is 3.75. The summed E-state index contributed by atoms with van der Waals surface area (Å²) in [4.78, 5) is 25.0. The Morgan fingerprint density at radius 2 is 2.38 bits per heavy atom. The Hall–Kier alpha value is -1.71. The van der Waals surface area contributed by atoms with Crippen LogP contribution in [0.3, 0.4) is 0 Å². The van der Waals surface area contributed by atoms with E-state index in [-0.39, 0.29) is 12.2 Å². The molecule has 1 rings (SSSR count). The fourth-order valence-corrected chi connectivity index (χ4v) is 0.860. The molecule has 4 nitrogen and oxygen atoms in total. The van der Waals surface area contributed by atoms with Gasteiger partial charge in [0.25, 0.3) is 0 Å². The number of hydrogen-bond donors (Lipinski definition) is 0. The molecule has 0 aliphatic heterocycles. The van der Waals surface area contributed by atoms with Crippen molar-refractivity contribution in [2.24, 2.45) is 0 Å². The van der Waals surface area contributed by atoms with E-state index in [9.17, 15) is 9.59 Å². The van der Waals surface area contributed by atoms with Crippen molar-refractivity contribution in [2.45, 2.75) is 6.42 Å². The molecule has 1 heterocycles. The Kier molecular flexibility index (Phi) is 3.14. The van der Waals surface area contributed by atoms with Crippen LogP contribution < -0.4 is 4.74 Å². The maximum atomic E-state index is 11.1. The standard InChI is InChI=1S/C9H9NO3/c1-13-9-3-2-7(6-10-9)8(12)4-5-11/h2-3,5-6H,4H2,1H3. The molecule has 0 aliphatic carbocycles. The lowest BCUT2D eigenvalue weighted by Gasteiger charge is -1.98. The molecule has 0 bridgehead atoms. The number of hydrogen-bond acceptors (Lipinski definition) is 4. The molecule has 68 valence electrons. The summed E-state index contributed by atoms with van der Waals surface area (Å²) in [5, 5.41) is 0. The number of methoxy groups -OCH3 is 1. The van der Waals surface area contributed by atoms with Gasteiger partial charge in [-0.3, -0.25) is 4.79 Å². The Labute approximate surface area is 75.5 Å². The summed E-state index contributed by atoms with van der Waals surface area (Å²) in [6, 6.07) is 3.16. The minimum absolute atomic E-state index is 0.103. The van der Waals surface area contributed by atoms with Crippen LogP contribution in [0.15, 0.2) is 18.3 Å². The van der Waals surface area contributed by atoms with E-state index < -0.39 is 0 Å². The van der Waals surface area contributed by atoms with Crippen molar-refractivity contribution in [3.63, 3.8) is 0 Å². The molecular formula is C9H9NO3. The van der Waals surface area contributed by atoms with Gasteiger partial charge in [-0.15, -0.1) is 0 Å². The van der Waals surface area contributed by atoms with Crippen LogP contribution in [0.2, 0.25) is 0 Å². The lowest BCUT2D eigenvalue weighted by molar-refractivity contribution is -0.107. The number of pyridine rings is 1. The third-order valence-electron chi connectivity index (χ3n) is 1.54. The molecular weight excluding hydrogens is 170 g/mol. The van der Waals surface area contributed by atoms with Gasteiger partial charge in [0, 0.05) is 17.8 Å². The number of carbonyl (C=O) groups excluding carboxylic acids is 2. The molecule has 0 N–H and O–H groups in total. The number of carbonyl (C=O) groups is 2. The van der Waals surface area contributed by atoms with Crippen molar-refractivity contribution in [2.75, 3.05) is 7.11 Å². The number of aldehydes is 1. The first-order valence-electron chi connectivity index (χ1n) is 3.75. The minimum atomic E-state index is -0.231. The predicted molar refractivity (Wildman–Crippen MR) is 45.8 cm³/mol. The van der Waals surface area contributed by atoms with Crippen molar-refractivity contribution in [1.82, 2.24) is 4.98 Å². The average molecular weight is 179 g/mol. The quantitative estimate of drug-likeness (QED) is 0.391. The molecule has 0 aliphatic rings. The number of ketones is 1. The Morgan fingerprint density at radius 3 is 2.85 bits per heavy atom. The van der Waals surface area contributed by atoms with Crippen LogP contribution in [0.25, 0.3) is 0 Å². The van der Waals surface area contributed by atoms with E-state index in [1.54, 1.807) is 12.1 Å². The molecule has 0 aromatic carbocycles. The first-order chi connectivity index (χ1) is 6.27. The van der Waals surface area contributed by atoms with Gasteiger partial charge in [0.1, 0.15) is 6.29 Å². The van der Waals surface area contributed by atoms with Crippen LogP contribution in [0.5, 0.6) is 5.88 Å². The highest BCUT2D eigenvalue weighted by molar-refractivity contribution is 6.02. The zero-order valence-corrected chi connectivity index (χ0v) is 7.19. The predicted octanol–water partition coefficient (Wildman–Crippen LogP) is 0.862. The second kappa shape index (κ2) is 4.35. The van der Waals surface area contributed by atoms with Gasteiger partial charge < -0.3 is 9.53 Å². The molecule has 0 fully saturated rings. The lowest BCUT2D eigenvalue weighted by atomic mass is 10.1. The summed E-state index contributed by atoms with van der Waals surface area (Å²) < 4.78 is 4.82. The summed E-state index contributed by atoms with van der Waals surface area (Å²) >= 11 is 0. The highest BCUT2D eigenvalue weighted by atomic mass is 16.5. The normalized spacial score (nSPS) is 9.31. The summed E-state index contributed by atoms with van der Waals surface area (Å²) in [6.45, 7) is 0. The minimum Gasteiger partial charge on any atom is -0.481 e. The molecule has 0 amide bonds. The summed E-state index contributed by atoms with van der Waals surface area (Å²) in [5.74, 6) is 0.216. The summed E-state index contributed by atoms with van der Waals surface area (Å²) in [7, 11) is 1.50. The van der Waals surface area contributed by atoms with Gasteiger partial charge >= 0.3 is 0 Å². The van der Waals surface area contributed by atoms with E-state index in [4.69, 9.17) is 4.74 Å². The maximum Gasteiger partial charge on any atom is 0.212 e. The van der Waals surface area contributed by atoms with Crippen LogP contribution in [-0.2, 0) is 4.79 Å². The van der Waals surface area contributed by atoms with Gasteiger partial charge in [0.2, 0.25) is 5.88 Å². The van der Waals surface area contributed by atoms with Gasteiger partial charge in [-0.05, 0) is 6.07 Å². The number of aromatic nitrogens is 1. The highest BCUT2D eigenvalue weighted by Crippen LogP contribution is 2.07. The summed E-state index contributed by atoms with van der Waals surface area (Å²) in [6.07, 6.45) is 1.87. The van der Waals surface area contributed by atoms with Crippen molar-refractivity contribution in [1.29, 1.82) is 0 Å². The molecule has 0 spiro atoms. The number of nitrogens with zero attached hydrogens (tertiary/aromatic N) is 1. The van der Waals surface area contributed by atoms with Crippen molar-refractivity contribution in [3.8, 4) is 5.88 Å².